The molecule has 0 fully saturated rings. The normalized spacial score (nSPS) is 20.4. The first-order valence-corrected chi connectivity index (χ1v) is 21.6. The number of para-hydroxylation sites is 2. The second kappa shape index (κ2) is 18.2. The lowest BCUT2D eigenvalue weighted by molar-refractivity contribution is -0.438. The number of allylic oxidation sites excluding steroid dienone is 7. The van der Waals surface area contributed by atoms with Gasteiger partial charge in [0.15, 0.2) is 5.71 Å². The smallest absolute Gasteiger partial charge is 0.303 e. The summed E-state index contributed by atoms with van der Waals surface area (Å²) in [6.07, 6.45) is 17.0. The third-order valence-corrected chi connectivity index (χ3v) is 12.6. The van der Waals surface area contributed by atoms with Gasteiger partial charge in [0.2, 0.25) is 5.69 Å². The van der Waals surface area contributed by atoms with Gasteiger partial charge in [-0.2, -0.15) is 13.0 Å². The van der Waals surface area contributed by atoms with Crippen LogP contribution < -0.4 is 15.8 Å². The maximum atomic E-state index is 11.9. The van der Waals surface area contributed by atoms with Gasteiger partial charge in [-0.15, -0.1) is 0 Å². The van der Waals surface area contributed by atoms with E-state index in [0.29, 0.717) is 18.6 Å². The molecule has 0 spiro atoms. The predicted octanol–water partition coefficient (Wildman–Crippen LogP) is 11.0. The maximum absolute atomic E-state index is 11.9. The van der Waals surface area contributed by atoms with Crippen LogP contribution in [-0.4, -0.2) is 47.4 Å². The third-order valence-electron chi connectivity index (χ3n) is 11.7. The molecule has 3 aliphatic rings. The highest BCUT2D eigenvalue weighted by Gasteiger charge is 2.44. The van der Waals surface area contributed by atoms with Crippen LogP contribution in [0.25, 0.3) is 0 Å². The van der Waals surface area contributed by atoms with Gasteiger partial charge in [-0.25, -0.2) is 0 Å². The van der Waals surface area contributed by atoms with Crippen molar-refractivity contribution in [3.8, 4) is 5.75 Å². The molecule has 0 saturated heterocycles. The molecule has 9 nitrogen and oxygen atoms in total. The average Bonchev–Trinajstić information content (AvgIpc) is 3.54. The number of nitrogens with zero attached hydrogens (tertiary/aromatic N) is 2. The van der Waals surface area contributed by atoms with Crippen molar-refractivity contribution in [3.05, 3.63) is 131 Å². The van der Waals surface area contributed by atoms with Crippen LogP contribution in [-0.2, 0) is 25.7 Å². The summed E-state index contributed by atoms with van der Waals surface area (Å²) >= 11 is 0. The van der Waals surface area contributed by atoms with Gasteiger partial charge < -0.3 is 20.9 Å². The summed E-state index contributed by atoms with van der Waals surface area (Å²) in [5.41, 5.74) is 8.84. The summed E-state index contributed by atoms with van der Waals surface area (Å²) in [7, 11) is -4.36. The molecule has 0 radical (unpaired) electrons. The Morgan fingerprint density at radius 3 is 2.25 bits per heavy atom. The summed E-state index contributed by atoms with van der Waals surface area (Å²) in [5, 5.41) is 9.54. The molecule has 2 aliphatic heterocycles. The van der Waals surface area contributed by atoms with Crippen molar-refractivity contribution in [1.29, 1.82) is 0 Å². The summed E-state index contributed by atoms with van der Waals surface area (Å²) in [6, 6.07) is 23.1. The standard InChI is InChI=1S/C47H56N2O6S.H3N/c1-6-8-32-48-40-20-12-10-18-38(40)46(3,4)42(48)29-23-34-16-14-17-35(45(34)55-36-25-27-37(28-26-36)56(52,53)54)24-30-43-47(5,31-15-22-44(50)51)39-19-11-13-21-41(39)49(43)33-9-7-2;/h10-13,18-21,23-30H,6-9,14-17,22,31-33H2,1-5H3,(H-,50,51,52,53,54);1H3/p+1. The van der Waals surface area contributed by atoms with E-state index in [2.05, 4.69) is 117 Å². The molecule has 0 amide bonds. The molecular formula is C47H60N3O6S+. The van der Waals surface area contributed by atoms with Crippen LogP contribution in [0, 0.1) is 0 Å². The second-order valence-electron chi connectivity index (χ2n) is 16.0. The number of carboxylic acid groups (broad SMARTS) is 1. The molecule has 57 heavy (non-hydrogen) atoms. The van der Waals surface area contributed by atoms with Gasteiger partial charge in [-0.05, 0) is 118 Å². The van der Waals surface area contributed by atoms with Gasteiger partial charge in [-0.1, -0.05) is 69.2 Å². The number of anilines is 1. The monoisotopic (exact) mass is 794 g/mol. The number of aliphatic carboxylic acids is 1. The molecule has 5 N–H and O–H groups in total. The maximum Gasteiger partial charge on any atom is 0.303 e. The summed E-state index contributed by atoms with van der Waals surface area (Å²) in [4.78, 5) is 13.8. The summed E-state index contributed by atoms with van der Waals surface area (Å²) < 4.78 is 42.5. The zero-order valence-corrected chi connectivity index (χ0v) is 35.1. The number of hydrogen-bond donors (Lipinski definition) is 3. The SMILES string of the molecule is CCCCN1/C(=C/C=C2\CCCC(/C=C/C3=[N+](CCCC)c4ccccc4C3(C)C)=C2Oc2ccc(S(=O)(=O)O)cc2)C(C)(CCCC(=O)O)c2ccccc21.N. The van der Waals surface area contributed by atoms with Crippen LogP contribution in [0.3, 0.4) is 0 Å². The van der Waals surface area contributed by atoms with Crippen molar-refractivity contribution in [2.75, 3.05) is 18.0 Å². The largest absolute Gasteiger partial charge is 0.481 e. The Hall–Kier alpha value is -4.77. The molecule has 3 aromatic carbocycles. The van der Waals surface area contributed by atoms with E-state index >= 15 is 0 Å². The zero-order valence-electron chi connectivity index (χ0n) is 34.3. The lowest BCUT2D eigenvalue weighted by atomic mass is 9.77. The van der Waals surface area contributed by atoms with Gasteiger partial charge in [0.1, 0.15) is 18.1 Å². The van der Waals surface area contributed by atoms with E-state index in [1.165, 1.54) is 40.3 Å². The number of hydrogen-bond acceptors (Lipinski definition) is 6. The molecule has 2 heterocycles. The summed E-state index contributed by atoms with van der Waals surface area (Å²) in [6.45, 7) is 13.0. The number of unbranched alkanes of at least 4 members (excludes halogenated alkanes) is 2. The first kappa shape index (κ1) is 43.4. The minimum Gasteiger partial charge on any atom is -0.481 e. The minimum absolute atomic E-state index is 0. The first-order valence-electron chi connectivity index (χ1n) is 20.2. The quantitative estimate of drug-likeness (QED) is 0.0961. The van der Waals surface area contributed by atoms with E-state index in [-0.39, 0.29) is 28.3 Å². The molecule has 6 rings (SSSR count). The Labute approximate surface area is 339 Å². The number of fused-ring (bicyclic) bond motifs is 2. The van der Waals surface area contributed by atoms with Crippen LogP contribution in [0.15, 0.2) is 125 Å². The van der Waals surface area contributed by atoms with E-state index in [1.807, 2.05) is 0 Å². The Bertz CT molecular complexity index is 2210. The van der Waals surface area contributed by atoms with E-state index in [9.17, 15) is 22.9 Å². The van der Waals surface area contributed by atoms with E-state index < -0.39 is 16.1 Å². The molecule has 10 heteroatoms. The van der Waals surface area contributed by atoms with Crippen LogP contribution in [0.4, 0.5) is 11.4 Å². The van der Waals surface area contributed by atoms with Crippen LogP contribution in [0.2, 0.25) is 0 Å². The van der Waals surface area contributed by atoms with Crippen molar-refractivity contribution in [2.24, 2.45) is 0 Å². The predicted molar refractivity (Wildman–Crippen MR) is 230 cm³/mol. The number of benzene rings is 3. The van der Waals surface area contributed by atoms with Crippen LogP contribution in [0.1, 0.15) is 110 Å². The average molecular weight is 795 g/mol. The molecule has 3 aromatic rings. The Morgan fingerprint density at radius 1 is 0.877 bits per heavy atom. The Balaban J connectivity index is 0.00000620. The molecule has 0 aromatic heterocycles. The number of rotatable bonds is 16. The van der Waals surface area contributed by atoms with Gasteiger partial charge >= 0.3 is 5.97 Å². The first-order chi connectivity index (χ1) is 26.8. The molecule has 0 bridgehead atoms. The Morgan fingerprint density at radius 2 is 1.56 bits per heavy atom. The van der Waals surface area contributed by atoms with Crippen LogP contribution in [0.5, 0.6) is 5.75 Å². The highest BCUT2D eigenvalue weighted by atomic mass is 32.2. The fourth-order valence-corrected chi connectivity index (χ4v) is 9.11. The number of carbonyl (C=O) groups is 1. The van der Waals surface area contributed by atoms with Gasteiger partial charge in [0.25, 0.3) is 10.1 Å². The number of carboxylic acids is 1. The van der Waals surface area contributed by atoms with Gasteiger partial charge in [0, 0.05) is 53.9 Å². The number of ether oxygens (including phenoxy) is 1. The van der Waals surface area contributed by atoms with E-state index in [1.54, 1.807) is 12.1 Å². The van der Waals surface area contributed by atoms with E-state index in [4.69, 9.17) is 4.74 Å². The topological polar surface area (TPSA) is 142 Å². The van der Waals surface area contributed by atoms with Crippen molar-refractivity contribution in [3.63, 3.8) is 0 Å². The molecule has 1 aliphatic carbocycles. The van der Waals surface area contributed by atoms with Gasteiger partial charge in [0.05, 0.1) is 10.3 Å². The molecular weight excluding hydrogens is 735 g/mol. The second-order valence-corrected chi connectivity index (χ2v) is 17.4. The molecule has 1 atom stereocenters. The van der Waals surface area contributed by atoms with Crippen molar-refractivity contribution >= 4 is 33.2 Å². The van der Waals surface area contributed by atoms with Crippen LogP contribution >= 0.6 is 0 Å². The molecule has 0 saturated carbocycles. The highest BCUT2D eigenvalue weighted by molar-refractivity contribution is 7.85. The fraction of sp³-hybridized carbons (Fsp3) is 0.404. The van der Waals surface area contributed by atoms with Crippen molar-refractivity contribution < 1.29 is 32.2 Å². The summed E-state index contributed by atoms with van der Waals surface area (Å²) in [5.74, 6) is 0.424. The van der Waals surface area contributed by atoms with E-state index in [0.717, 1.165) is 80.6 Å². The fourth-order valence-electron chi connectivity index (χ4n) is 8.63. The molecule has 1 unspecified atom stereocenters. The van der Waals surface area contributed by atoms with Crippen molar-refractivity contribution in [1.82, 2.24) is 6.15 Å². The Kier molecular flexibility index (Phi) is 13.9. The lowest BCUT2D eigenvalue weighted by Crippen LogP contribution is -2.29. The van der Waals surface area contributed by atoms with Gasteiger partial charge in [-0.3, -0.25) is 9.35 Å². The molecule has 304 valence electrons. The highest BCUT2D eigenvalue weighted by Crippen LogP contribution is 2.51. The minimum atomic E-state index is -4.36. The van der Waals surface area contributed by atoms with Crippen molar-refractivity contribution in [2.45, 2.75) is 115 Å². The lowest BCUT2D eigenvalue weighted by Gasteiger charge is -2.30. The third kappa shape index (κ3) is 9.19. The zero-order chi connectivity index (χ0) is 40.1.